The molecule has 1 aromatic heterocycles. The van der Waals surface area contributed by atoms with Crippen molar-refractivity contribution in [2.24, 2.45) is 0 Å². The summed E-state index contributed by atoms with van der Waals surface area (Å²) in [7, 11) is 0. The van der Waals surface area contributed by atoms with Gasteiger partial charge in [0.1, 0.15) is 5.82 Å². The predicted molar refractivity (Wildman–Crippen MR) is 135 cm³/mol. The zero-order valence-corrected chi connectivity index (χ0v) is 20.8. The summed E-state index contributed by atoms with van der Waals surface area (Å²) in [6.45, 7) is 0.276. The van der Waals surface area contributed by atoms with Crippen LogP contribution in [0.25, 0.3) is 0 Å². The molecule has 0 fully saturated rings. The second-order valence-corrected chi connectivity index (χ2v) is 8.98. The van der Waals surface area contributed by atoms with Crippen LogP contribution >= 0.6 is 35.1 Å². The van der Waals surface area contributed by atoms with Gasteiger partial charge < -0.3 is 10.6 Å². The fourth-order valence-electron chi connectivity index (χ4n) is 2.83. The average Bonchev–Trinajstić information content (AvgIpc) is 2.83. The maximum Gasteiger partial charge on any atom is 0.417 e. The monoisotopic (exact) mass is 557 g/mol. The van der Waals surface area contributed by atoms with Gasteiger partial charge in [-0.15, -0.1) is 0 Å². The van der Waals surface area contributed by atoms with E-state index in [0.717, 1.165) is 18.0 Å². The smallest absolute Gasteiger partial charge is 0.369 e. The van der Waals surface area contributed by atoms with Crippen LogP contribution in [0.3, 0.4) is 0 Å². The molecule has 0 radical (unpaired) electrons. The SMILES string of the molecule is O=C(CCCNc1ncc(C(F)(F)F)cc1Cl)NNSc1ccccc1NC(=O)c1ccc(Cl)cc1. The molecule has 0 atom stereocenters. The number of alkyl halides is 3. The molecule has 2 aromatic carbocycles. The summed E-state index contributed by atoms with van der Waals surface area (Å²) in [6, 6.07) is 14.3. The summed E-state index contributed by atoms with van der Waals surface area (Å²) in [6.07, 6.45) is -3.32. The lowest BCUT2D eigenvalue weighted by atomic mass is 10.2. The minimum Gasteiger partial charge on any atom is -0.369 e. The number of carbonyl (C=O) groups is 2. The van der Waals surface area contributed by atoms with Crippen molar-refractivity contribution in [1.29, 1.82) is 0 Å². The Labute approximate surface area is 219 Å². The van der Waals surface area contributed by atoms with Crippen molar-refractivity contribution in [2.75, 3.05) is 17.2 Å². The number of aromatic nitrogens is 1. The summed E-state index contributed by atoms with van der Waals surface area (Å²) < 4.78 is 38.0. The highest BCUT2D eigenvalue weighted by molar-refractivity contribution is 7.97. The molecule has 4 N–H and O–H groups in total. The molecule has 1 heterocycles. The van der Waals surface area contributed by atoms with Crippen LogP contribution in [0.5, 0.6) is 0 Å². The van der Waals surface area contributed by atoms with E-state index in [1.807, 2.05) is 0 Å². The molecule has 0 spiro atoms. The minimum absolute atomic E-state index is 0.107. The number of carbonyl (C=O) groups excluding carboxylic acids is 2. The van der Waals surface area contributed by atoms with Crippen molar-refractivity contribution in [1.82, 2.24) is 15.2 Å². The van der Waals surface area contributed by atoms with Crippen LogP contribution in [0.2, 0.25) is 10.0 Å². The Morgan fingerprint density at radius 3 is 2.44 bits per heavy atom. The van der Waals surface area contributed by atoms with Gasteiger partial charge in [-0.2, -0.15) is 18.0 Å². The van der Waals surface area contributed by atoms with Gasteiger partial charge in [0.05, 0.1) is 16.3 Å². The number of amides is 2. The van der Waals surface area contributed by atoms with E-state index >= 15 is 0 Å². The third kappa shape index (κ3) is 8.30. The minimum atomic E-state index is -4.53. The Balaban J connectivity index is 1.41. The molecule has 0 aliphatic carbocycles. The van der Waals surface area contributed by atoms with Gasteiger partial charge in [-0.25, -0.2) is 4.98 Å². The summed E-state index contributed by atoms with van der Waals surface area (Å²) >= 11 is 12.8. The Hall–Kier alpha value is -2.99. The molecule has 2 amide bonds. The van der Waals surface area contributed by atoms with Crippen molar-refractivity contribution in [2.45, 2.75) is 23.9 Å². The molecule has 0 aliphatic rings. The highest BCUT2D eigenvalue weighted by atomic mass is 35.5. The van der Waals surface area contributed by atoms with Crippen LogP contribution in [-0.2, 0) is 11.0 Å². The fraction of sp³-hybridized carbons (Fsp3) is 0.174. The van der Waals surface area contributed by atoms with Crippen LogP contribution in [0.1, 0.15) is 28.8 Å². The maximum absolute atomic E-state index is 12.7. The van der Waals surface area contributed by atoms with Crippen LogP contribution in [-0.4, -0.2) is 23.3 Å². The zero-order valence-electron chi connectivity index (χ0n) is 18.5. The molecule has 190 valence electrons. The molecule has 7 nitrogen and oxygen atoms in total. The Morgan fingerprint density at radius 2 is 1.75 bits per heavy atom. The van der Waals surface area contributed by atoms with Crippen LogP contribution < -0.4 is 20.9 Å². The largest absolute Gasteiger partial charge is 0.417 e. The van der Waals surface area contributed by atoms with Crippen molar-refractivity contribution in [3.63, 3.8) is 0 Å². The molecule has 0 unspecified atom stereocenters. The van der Waals surface area contributed by atoms with Gasteiger partial charge in [-0.1, -0.05) is 35.3 Å². The summed E-state index contributed by atoms with van der Waals surface area (Å²) in [4.78, 5) is 31.6. The van der Waals surface area contributed by atoms with Crippen molar-refractivity contribution < 1.29 is 22.8 Å². The number of benzene rings is 2. The van der Waals surface area contributed by atoms with Gasteiger partial charge in [-0.05, 0) is 60.8 Å². The van der Waals surface area contributed by atoms with Crippen molar-refractivity contribution >= 4 is 58.5 Å². The number of rotatable bonds is 10. The van der Waals surface area contributed by atoms with Crippen LogP contribution in [0.15, 0.2) is 65.7 Å². The summed E-state index contributed by atoms with van der Waals surface area (Å²) in [5, 5.41) is 5.99. The highest BCUT2D eigenvalue weighted by Gasteiger charge is 2.31. The molecule has 0 saturated heterocycles. The fourth-order valence-corrected chi connectivity index (χ4v) is 3.84. The second-order valence-electron chi connectivity index (χ2n) is 7.29. The molecule has 36 heavy (non-hydrogen) atoms. The molecule has 13 heteroatoms. The van der Waals surface area contributed by atoms with E-state index < -0.39 is 11.7 Å². The Morgan fingerprint density at radius 1 is 1.03 bits per heavy atom. The van der Waals surface area contributed by atoms with Gasteiger partial charge in [-0.3, -0.25) is 15.0 Å². The maximum atomic E-state index is 12.7. The number of halogens is 5. The summed E-state index contributed by atoms with van der Waals surface area (Å²) in [5.41, 5.74) is 2.59. The highest BCUT2D eigenvalue weighted by Crippen LogP contribution is 2.32. The van der Waals surface area contributed by atoms with Crippen molar-refractivity contribution in [3.8, 4) is 0 Å². The number of nitrogens with one attached hydrogen (secondary N) is 4. The van der Waals surface area contributed by atoms with E-state index in [2.05, 4.69) is 25.9 Å². The van der Waals surface area contributed by atoms with Crippen molar-refractivity contribution in [3.05, 3.63) is 82.0 Å². The van der Waals surface area contributed by atoms with E-state index in [4.69, 9.17) is 23.2 Å². The number of hydrazine groups is 1. The standard InChI is InChI=1S/C23H20Cl2F3N5O2S/c24-16-9-7-14(8-10-16)22(35)31-18-4-1-2-5-19(18)36-33-32-20(34)6-3-11-29-21-17(25)12-15(13-30-21)23(26,27)28/h1-2,4-5,7-10,12-13,33H,3,6,11H2,(H,29,30)(H,31,35)(H,32,34). The molecular weight excluding hydrogens is 538 g/mol. The Kier molecular flexibility index (Phi) is 9.82. The van der Waals surface area contributed by atoms with Crippen LogP contribution in [0, 0.1) is 0 Å². The number of nitrogens with zero attached hydrogens (tertiary/aromatic N) is 1. The van der Waals surface area contributed by atoms with E-state index in [-0.39, 0.29) is 35.6 Å². The van der Waals surface area contributed by atoms with Gasteiger partial charge >= 0.3 is 6.18 Å². The van der Waals surface area contributed by atoms with E-state index in [9.17, 15) is 22.8 Å². The normalized spacial score (nSPS) is 11.1. The first-order valence-electron chi connectivity index (χ1n) is 10.5. The number of hydrogen-bond acceptors (Lipinski definition) is 6. The molecule has 0 bridgehead atoms. The number of anilines is 2. The molecule has 0 saturated carbocycles. The quantitative estimate of drug-likeness (QED) is 0.135. The lowest BCUT2D eigenvalue weighted by Crippen LogP contribution is -2.32. The molecular formula is C23H20Cl2F3N5O2S. The van der Waals surface area contributed by atoms with Crippen LogP contribution in [0.4, 0.5) is 24.7 Å². The number of pyridine rings is 1. The van der Waals surface area contributed by atoms with Gasteiger partial charge in [0, 0.05) is 34.6 Å². The first-order valence-corrected chi connectivity index (χ1v) is 12.0. The van der Waals surface area contributed by atoms with E-state index in [0.29, 0.717) is 33.8 Å². The molecule has 3 rings (SSSR count). The second kappa shape index (κ2) is 12.8. The third-order valence-electron chi connectivity index (χ3n) is 4.63. The van der Waals surface area contributed by atoms with E-state index in [1.165, 1.54) is 0 Å². The predicted octanol–water partition coefficient (Wildman–Crippen LogP) is 6.18. The number of hydrogen-bond donors (Lipinski definition) is 4. The summed E-state index contributed by atoms with van der Waals surface area (Å²) in [5.74, 6) is -0.506. The van der Waals surface area contributed by atoms with E-state index in [1.54, 1.807) is 48.5 Å². The molecule has 0 aliphatic heterocycles. The lowest BCUT2D eigenvalue weighted by Gasteiger charge is -2.12. The Bertz CT molecular complexity index is 1210. The third-order valence-corrected chi connectivity index (χ3v) is 5.95. The van der Waals surface area contributed by atoms with Gasteiger partial charge in [0.25, 0.3) is 5.91 Å². The van der Waals surface area contributed by atoms with Gasteiger partial charge in [0.15, 0.2) is 0 Å². The first kappa shape index (κ1) is 27.6. The topological polar surface area (TPSA) is 95.2 Å². The molecule has 3 aromatic rings. The zero-order chi connectivity index (χ0) is 26.1. The first-order chi connectivity index (χ1) is 17.1. The average molecular weight is 558 g/mol. The lowest BCUT2D eigenvalue weighted by molar-refractivity contribution is -0.137. The van der Waals surface area contributed by atoms with Gasteiger partial charge in [0.2, 0.25) is 5.91 Å². The number of para-hydroxylation sites is 1.